The molecule has 0 amide bonds. The number of nitrogens with one attached hydrogen (secondary N) is 1. The van der Waals surface area contributed by atoms with E-state index in [0.29, 0.717) is 11.3 Å². The van der Waals surface area contributed by atoms with E-state index in [4.69, 9.17) is 0 Å². The fourth-order valence-corrected chi connectivity index (χ4v) is 3.31. The van der Waals surface area contributed by atoms with Gasteiger partial charge >= 0.3 is 0 Å². The number of rotatable bonds is 8. The Bertz CT molecular complexity index is 528. The zero-order valence-corrected chi connectivity index (χ0v) is 13.7. The molecule has 21 heavy (non-hydrogen) atoms. The number of benzene rings is 1. The summed E-state index contributed by atoms with van der Waals surface area (Å²) in [5.74, 6) is 0. The Kier molecular flexibility index (Phi) is 6.20. The molecule has 2 aromatic rings. The van der Waals surface area contributed by atoms with Crippen LogP contribution in [0.2, 0.25) is 0 Å². The summed E-state index contributed by atoms with van der Waals surface area (Å²) in [6.45, 7) is 7.68. The Balaban J connectivity index is 2.08. The Hall–Kier alpha value is -1.40. The number of hydrogen-bond donors (Lipinski definition) is 1. The van der Waals surface area contributed by atoms with E-state index in [9.17, 15) is 0 Å². The van der Waals surface area contributed by atoms with Crippen LogP contribution in [0.1, 0.15) is 33.6 Å². The molecule has 1 N–H and O–H groups in total. The van der Waals surface area contributed by atoms with Gasteiger partial charge in [0.25, 0.3) is 0 Å². The van der Waals surface area contributed by atoms with E-state index < -0.39 is 0 Å². The van der Waals surface area contributed by atoms with Crippen LogP contribution in [0, 0.1) is 0 Å². The standard InChI is InChI=1S/C15H23N5S/c1-4-11-16-14(5-2)12(3)21-15-17-18-19-20(15)13-9-7-6-8-10-13/h6-10,12,14,16H,4-5,11H2,1-3H3. The van der Waals surface area contributed by atoms with Crippen molar-refractivity contribution in [2.24, 2.45) is 0 Å². The number of hydrogen-bond acceptors (Lipinski definition) is 5. The van der Waals surface area contributed by atoms with Gasteiger partial charge in [-0.25, -0.2) is 0 Å². The third-order valence-electron chi connectivity index (χ3n) is 3.40. The average molecular weight is 305 g/mol. The molecule has 6 heteroatoms. The van der Waals surface area contributed by atoms with Gasteiger partial charge in [-0.3, -0.25) is 0 Å². The highest BCUT2D eigenvalue weighted by atomic mass is 32.2. The predicted octanol–water partition coefficient (Wildman–Crippen LogP) is 2.92. The van der Waals surface area contributed by atoms with Crippen LogP contribution in [-0.4, -0.2) is 38.0 Å². The van der Waals surface area contributed by atoms with Crippen LogP contribution in [0.5, 0.6) is 0 Å². The minimum Gasteiger partial charge on any atom is -0.313 e. The summed E-state index contributed by atoms with van der Waals surface area (Å²) in [5.41, 5.74) is 0.992. The first-order valence-electron chi connectivity index (χ1n) is 7.50. The second-order valence-corrected chi connectivity index (χ2v) is 6.35. The van der Waals surface area contributed by atoms with E-state index in [2.05, 4.69) is 41.6 Å². The molecule has 0 aliphatic heterocycles. The van der Waals surface area contributed by atoms with Crippen LogP contribution >= 0.6 is 11.8 Å². The smallest absolute Gasteiger partial charge is 0.214 e. The van der Waals surface area contributed by atoms with E-state index >= 15 is 0 Å². The molecule has 0 saturated carbocycles. The Labute approximate surface area is 130 Å². The van der Waals surface area contributed by atoms with Gasteiger partial charge in [0.1, 0.15) is 0 Å². The van der Waals surface area contributed by atoms with Gasteiger partial charge in [0.15, 0.2) is 0 Å². The highest BCUT2D eigenvalue weighted by molar-refractivity contribution is 7.99. The molecule has 1 aromatic heterocycles. The predicted molar refractivity (Wildman–Crippen MR) is 86.8 cm³/mol. The van der Waals surface area contributed by atoms with Crippen LogP contribution in [0.15, 0.2) is 35.5 Å². The first-order chi connectivity index (χ1) is 10.3. The SMILES string of the molecule is CCCNC(CC)C(C)Sc1nnnn1-c1ccccc1. The minimum atomic E-state index is 0.412. The lowest BCUT2D eigenvalue weighted by Gasteiger charge is -2.22. The van der Waals surface area contributed by atoms with Crippen molar-refractivity contribution in [3.8, 4) is 5.69 Å². The molecule has 2 rings (SSSR count). The van der Waals surface area contributed by atoms with Crippen molar-refractivity contribution < 1.29 is 0 Å². The Morgan fingerprint density at radius 1 is 1.24 bits per heavy atom. The van der Waals surface area contributed by atoms with Crippen molar-refractivity contribution in [3.05, 3.63) is 30.3 Å². The maximum atomic E-state index is 4.17. The van der Waals surface area contributed by atoms with Crippen LogP contribution in [0.3, 0.4) is 0 Å². The number of thioether (sulfide) groups is 1. The molecule has 0 aliphatic rings. The molecule has 1 aromatic carbocycles. The summed E-state index contributed by atoms with van der Waals surface area (Å²) in [7, 11) is 0. The molecule has 0 fully saturated rings. The van der Waals surface area contributed by atoms with Crippen molar-refractivity contribution in [1.29, 1.82) is 0 Å². The van der Waals surface area contributed by atoms with Gasteiger partial charge in [-0.15, -0.1) is 5.10 Å². The fraction of sp³-hybridized carbons (Fsp3) is 0.533. The van der Waals surface area contributed by atoms with Crippen molar-refractivity contribution in [3.63, 3.8) is 0 Å². The summed E-state index contributed by atoms with van der Waals surface area (Å²) >= 11 is 1.72. The van der Waals surface area contributed by atoms with Crippen molar-refractivity contribution in [2.75, 3.05) is 6.54 Å². The summed E-state index contributed by atoms with van der Waals surface area (Å²) < 4.78 is 1.80. The van der Waals surface area contributed by atoms with Gasteiger partial charge < -0.3 is 5.32 Å². The third-order valence-corrected chi connectivity index (χ3v) is 4.56. The molecule has 5 nitrogen and oxygen atoms in total. The number of tetrazole rings is 1. The quantitative estimate of drug-likeness (QED) is 0.760. The van der Waals surface area contributed by atoms with Crippen LogP contribution in [0.25, 0.3) is 5.69 Å². The number of para-hydroxylation sites is 1. The molecular weight excluding hydrogens is 282 g/mol. The van der Waals surface area contributed by atoms with Gasteiger partial charge in [-0.1, -0.05) is 50.7 Å². The average Bonchev–Trinajstić information content (AvgIpc) is 2.97. The zero-order valence-electron chi connectivity index (χ0n) is 12.9. The second-order valence-electron chi connectivity index (χ2n) is 5.00. The molecule has 0 bridgehead atoms. The number of nitrogens with zero attached hydrogens (tertiary/aromatic N) is 4. The van der Waals surface area contributed by atoms with Crippen LogP contribution in [0.4, 0.5) is 0 Å². The summed E-state index contributed by atoms with van der Waals surface area (Å²) in [5, 5.41) is 16.9. The van der Waals surface area contributed by atoms with Crippen LogP contribution in [-0.2, 0) is 0 Å². The van der Waals surface area contributed by atoms with Gasteiger partial charge in [-0.05, 0) is 41.9 Å². The molecule has 114 valence electrons. The maximum absolute atomic E-state index is 4.17. The zero-order chi connectivity index (χ0) is 15.1. The van der Waals surface area contributed by atoms with E-state index in [-0.39, 0.29) is 0 Å². The molecule has 0 aliphatic carbocycles. The highest BCUT2D eigenvalue weighted by Crippen LogP contribution is 2.25. The first-order valence-corrected chi connectivity index (χ1v) is 8.38. The van der Waals surface area contributed by atoms with E-state index in [1.165, 1.54) is 0 Å². The molecule has 1 heterocycles. The molecule has 2 atom stereocenters. The largest absolute Gasteiger partial charge is 0.313 e. The third kappa shape index (κ3) is 4.28. The topological polar surface area (TPSA) is 55.6 Å². The monoisotopic (exact) mass is 305 g/mol. The lowest BCUT2D eigenvalue weighted by atomic mass is 10.1. The maximum Gasteiger partial charge on any atom is 0.214 e. The van der Waals surface area contributed by atoms with E-state index in [1.54, 1.807) is 16.4 Å². The lowest BCUT2D eigenvalue weighted by molar-refractivity contribution is 0.493. The van der Waals surface area contributed by atoms with Crippen molar-refractivity contribution in [2.45, 2.75) is 50.1 Å². The second kappa shape index (κ2) is 8.14. The molecule has 0 spiro atoms. The van der Waals surface area contributed by atoms with E-state index in [1.807, 2.05) is 30.3 Å². The normalized spacial score (nSPS) is 14.0. The number of aromatic nitrogens is 4. The molecule has 0 radical (unpaired) electrons. The highest BCUT2D eigenvalue weighted by Gasteiger charge is 2.19. The summed E-state index contributed by atoms with van der Waals surface area (Å²) in [4.78, 5) is 0. The summed E-state index contributed by atoms with van der Waals surface area (Å²) in [6.07, 6.45) is 2.25. The fourth-order valence-electron chi connectivity index (χ4n) is 2.20. The van der Waals surface area contributed by atoms with Crippen molar-refractivity contribution >= 4 is 11.8 Å². The van der Waals surface area contributed by atoms with Gasteiger partial charge in [0.05, 0.1) is 5.69 Å². The van der Waals surface area contributed by atoms with Gasteiger partial charge in [0.2, 0.25) is 5.16 Å². The Morgan fingerprint density at radius 3 is 2.67 bits per heavy atom. The van der Waals surface area contributed by atoms with Crippen molar-refractivity contribution in [1.82, 2.24) is 25.5 Å². The molecular formula is C15H23N5S. The summed E-state index contributed by atoms with van der Waals surface area (Å²) in [6, 6.07) is 10.5. The van der Waals surface area contributed by atoms with Gasteiger partial charge in [-0.2, -0.15) is 4.68 Å². The lowest BCUT2D eigenvalue weighted by Crippen LogP contribution is -2.36. The Morgan fingerprint density at radius 2 is 2.00 bits per heavy atom. The molecule has 2 unspecified atom stereocenters. The minimum absolute atomic E-state index is 0.412. The van der Waals surface area contributed by atoms with Gasteiger partial charge in [0, 0.05) is 11.3 Å². The first kappa shape index (κ1) is 16.0. The van der Waals surface area contributed by atoms with Crippen LogP contribution < -0.4 is 5.32 Å². The molecule has 0 saturated heterocycles. The van der Waals surface area contributed by atoms with E-state index in [0.717, 1.165) is 30.2 Å².